The van der Waals surface area contributed by atoms with E-state index in [-0.39, 0.29) is 30.3 Å². The fourth-order valence-electron chi connectivity index (χ4n) is 4.77. The van der Waals surface area contributed by atoms with Crippen LogP contribution in [0.15, 0.2) is 24.3 Å². The van der Waals surface area contributed by atoms with E-state index in [1.165, 1.54) is 32.4 Å². The van der Waals surface area contributed by atoms with E-state index in [0.29, 0.717) is 25.2 Å². The Hall–Kier alpha value is -2.41. The summed E-state index contributed by atoms with van der Waals surface area (Å²) in [5.74, 6) is 0.0197. The molecule has 0 unspecified atom stereocenters. The number of carbonyl (C=O) groups is 3. The van der Waals surface area contributed by atoms with Crippen molar-refractivity contribution in [1.29, 1.82) is 0 Å². The Balaban J connectivity index is 1.24. The molecule has 3 heterocycles. The zero-order valence-electron chi connectivity index (χ0n) is 17.6. The number of carbonyl (C=O) groups excluding carboxylic acids is 3. The van der Waals surface area contributed by atoms with E-state index < -0.39 is 0 Å². The minimum absolute atomic E-state index is 0.0395. The number of nitrogens with one attached hydrogen (secondary N) is 1. The van der Waals surface area contributed by atoms with E-state index >= 15 is 0 Å². The van der Waals surface area contributed by atoms with E-state index in [4.69, 9.17) is 0 Å². The molecule has 1 aromatic carbocycles. The van der Waals surface area contributed by atoms with Gasteiger partial charge in [0, 0.05) is 25.2 Å². The number of benzene rings is 1. The number of hydrogen-bond acceptors (Lipinski definition) is 4. The molecule has 0 saturated carbocycles. The van der Waals surface area contributed by atoms with Crippen LogP contribution in [0, 0.1) is 0 Å². The number of nitrogens with zero attached hydrogens (tertiary/aromatic N) is 3. The van der Waals surface area contributed by atoms with Crippen molar-refractivity contribution in [2.24, 2.45) is 0 Å². The minimum atomic E-state index is -0.277. The molecular formula is C23H32N4O3. The van der Waals surface area contributed by atoms with Crippen LogP contribution < -0.4 is 5.32 Å². The average Bonchev–Trinajstić information content (AvgIpc) is 3.27. The van der Waals surface area contributed by atoms with E-state index in [2.05, 4.69) is 10.2 Å². The molecule has 4 rings (SSSR count). The van der Waals surface area contributed by atoms with Crippen molar-refractivity contribution in [3.63, 3.8) is 0 Å². The Bertz CT molecular complexity index is 773. The predicted octanol–water partition coefficient (Wildman–Crippen LogP) is 1.63. The summed E-state index contributed by atoms with van der Waals surface area (Å²) < 4.78 is 0. The lowest BCUT2D eigenvalue weighted by Gasteiger charge is -2.36. The van der Waals surface area contributed by atoms with Crippen molar-refractivity contribution in [2.75, 3.05) is 39.3 Å². The van der Waals surface area contributed by atoms with Gasteiger partial charge in [-0.25, -0.2) is 0 Å². The highest BCUT2D eigenvalue weighted by atomic mass is 16.2. The summed E-state index contributed by atoms with van der Waals surface area (Å²) in [5.41, 5.74) is 1.56. The molecule has 0 spiro atoms. The monoisotopic (exact) mass is 412 g/mol. The number of fused-ring (bicyclic) bond motifs is 1. The summed E-state index contributed by atoms with van der Waals surface area (Å²) >= 11 is 0. The molecule has 3 aliphatic heterocycles. The van der Waals surface area contributed by atoms with Crippen molar-refractivity contribution in [3.05, 3.63) is 35.4 Å². The number of likely N-dealkylation sites (tertiary alicyclic amines) is 1. The molecule has 0 aliphatic carbocycles. The highest BCUT2D eigenvalue weighted by Crippen LogP contribution is 2.24. The van der Waals surface area contributed by atoms with E-state index in [1.807, 2.05) is 12.1 Å². The number of piperidine rings is 1. The summed E-state index contributed by atoms with van der Waals surface area (Å²) in [6.07, 6.45) is 6.54. The van der Waals surface area contributed by atoms with Crippen LogP contribution in [0.25, 0.3) is 0 Å². The first-order valence-electron chi connectivity index (χ1n) is 11.3. The van der Waals surface area contributed by atoms with Crippen LogP contribution in [0.4, 0.5) is 0 Å². The van der Waals surface area contributed by atoms with Gasteiger partial charge in [0.05, 0.1) is 0 Å². The molecule has 3 saturated heterocycles. The first-order chi connectivity index (χ1) is 14.6. The normalized spacial score (nSPS) is 22.3. The molecule has 3 amide bonds. The zero-order chi connectivity index (χ0) is 20.9. The number of hydrogen-bond donors (Lipinski definition) is 1. The van der Waals surface area contributed by atoms with Gasteiger partial charge in [0.25, 0.3) is 5.91 Å². The van der Waals surface area contributed by atoms with Crippen LogP contribution in [0.2, 0.25) is 0 Å². The van der Waals surface area contributed by atoms with Crippen molar-refractivity contribution in [1.82, 2.24) is 20.0 Å². The molecule has 1 N–H and O–H groups in total. The highest BCUT2D eigenvalue weighted by molar-refractivity contribution is 5.95. The second-order valence-corrected chi connectivity index (χ2v) is 8.65. The van der Waals surface area contributed by atoms with Gasteiger partial charge in [-0.1, -0.05) is 18.6 Å². The van der Waals surface area contributed by atoms with E-state index in [1.54, 1.807) is 21.9 Å². The van der Waals surface area contributed by atoms with Gasteiger partial charge >= 0.3 is 0 Å². The third kappa shape index (κ3) is 4.83. The number of piperazine rings is 1. The highest BCUT2D eigenvalue weighted by Gasteiger charge is 2.41. The smallest absolute Gasteiger partial charge is 0.251 e. The Kier molecular flexibility index (Phi) is 6.67. The first-order valence-corrected chi connectivity index (χ1v) is 11.3. The lowest BCUT2D eigenvalue weighted by Crippen LogP contribution is -2.56. The number of amides is 3. The molecule has 30 heavy (non-hydrogen) atoms. The van der Waals surface area contributed by atoms with Crippen molar-refractivity contribution in [2.45, 2.75) is 51.1 Å². The fourth-order valence-corrected chi connectivity index (χ4v) is 4.77. The Morgan fingerprint density at radius 1 is 1.00 bits per heavy atom. The maximum Gasteiger partial charge on any atom is 0.251 e. The van der Waals surface area contributed by atoms with Crippen LogP contribution in [-0.4, -0.2) is 77.7 Å². The summed E-state index contributed by atoms with van der Waals surface area (Å²) in [5, 5.41) is 3.00. The molecule has 0 bridgehead atoms. The summed E-state index contributed by atoms with van der Waals surface area (Å²) in [6, 6.07) is 7.07. The van der Waals surface area contributed by atoms with Crippen LogP contribution in [-0.2, 0) is 16.1 Å². The maximum absolute atomic E-state index is 12.7. The van der Waals surface area contributed by atoms with Gasteiger partial charge in [-0.05, 0) is 69.4 Å². The average molecular weight is 413 g/mol. The van der Waals surface area contributed by atoms with Crippen molar-refractivity contribution in [3.8, 4) is 0 Å². The molecule has 1 atom stereocenters. The predicted molar refractivity (Wildman–Crippen MR) is 114 cm³/mol. The first kappa shape index (κ1) is 20.8. The molecule has 0 aromatic heterocycles. The Morgan fingerprint density at radius 2 is 1.77 bits per heavy atom. The van der Waals surface area contributed by atoms with Gasteiger partial charge in [-0.15, -0.1) is 0 Å². The topological polar surface area (TPSA) is 73.0 Å². The van der Waals surface area contributed by atoms with Gasteiger partial charge in [-0.2, -0.15) is 0 Å². The van der Waals surface area contributed by atoms with Crippen LogP contribution in [0.3, 0.4) is 0 Å². The molecule has 162 valence electrons. The standard InChI is InChI=1S/C23H32N4O3/c28-21-17-26(23(30)20-6-4-15-27(20)21)16-18-7-9-19(10-8-18)22(29)24-11-5-14-25-12-2-1-3-13-25/h7-10,20H,1-6,11-17H2,(H,24,29)/t20-/m0/s1. The van der Waals surface area contributed by atoms with Crippen LogP contribution in [0.5, 0.6) is 0 Å². The van der Waals surface area contributed by atoms with Crippen molar-refractivity contribution >= 4 is 17.7 Å². The molecular weight excluding hydrogens is 380 g/mol. The fraction of sp³-hybridized carbons (Fsp3) is 0.609. The lowest BCUT2D eigenvalue weighted by molar-refractivity contribution is -0.154. The van der Waals surface area contributed by atoms with Crippen molar-refractivity contribution < 1.29 is 14.4 Å². The molecule has 0 radical (unpaired) electrons. The molecule has 1 aromatic rings. The minimum Gasteiger partial charge on any atom is -0.352 e. The maximum atomic E-state index is 12.7. The SMILES string of the molecule is O=C(NCCCN1CCCCC1)c1ccc(CN2CC(=O)N3CCC[C@H]3C2=O)cc1. The third-order valence-electron chi connectivity index (χ3n) is 6.47. The molecule has 7 heteroatoms. The van der Waals surface area contributed by atoms with Gasteiger partial charge in [0.1, 0.15) is 12.6 Å². The van der Waals surface area contributed by atoms with Gasteiger partial charge < -0.3 is 20.0 Å². The second-order valence-electron chi connectivity index (χ2n) is 8.65. The van der Waals surface area contributed by atoms with E-state index in [9.17, 15) is 14.4 Å². The Morgan fingerprint density at radius 3 is 2.53 bits per heavy atom. The summed E-state index contributed by atoms with van der Waals surface area (Å²) in [4.78, 5) is 43.1. The molecule has 3 aliphatic rings. The zero-order valence-corrected chi connectivity index (χ0v) is 17.6. The van der Waals surface area contributed by atoms with Gasteiger partial charge in [0.15, 0.2) is 0 Å². The van der Waals surface area contributed by atoms with Gasteiger partial charge in [0.2, 0.25) is 11.8 Å². The van der Waals surface area contributed by atoms with Crippen LogP contribution in [0.1, 0.15) is 54.4 Å². The largest absolute Gasteiger partial charge is 0.352 e. The van der Waals surface area contributed by atoms with Gasteiger partial charge in [-0.3, -0.25) is 14.4 Å². The summed E-state index contributed by atoms with van der Waals surface area (Å²) in [7, 11) is 0. The molecule has 3 fully saturated rings. The molecule has 7 nitrogen and oxygen atoms in total. The quantitative estimate of drug-likeness (QED) is 0.691. The lowest BCUT2D eigenvalue weighted by atomic mass is 10.1. The third-order valence-corrected chi connectivity index (χ3v) is 6.47. The van der Waals surface area contributed by atoms with Crippen LogP contribution >= 0.6 is 0 Å². The Labute approximate surface area is 178 Å². The second kappa shape index (κ2) is 9.60. The van der Waals surface area contributed by atoms with E-state index in [0.717, 1.165) is 31.4 Å². The summed E-state index contributed by atoms with van der Waals surface area (Å²) in [6.45, 7) is 5.34. The number of rotatable bonds is 7.